The monoisotopic (exact) mass is 438 g/mol. The zero-order chi connectivity index (χ0) is 22.6. The van der Waals surface area contributed by atoms with Gasteiger partial charge in [-0.2, -0.15) is 0 Å². The van der Waals surface area contributed by atoms with Crippen molar-refractivity contribution in [2.75, 3.05) is 18.4 Å². The Hall–Kier alpha value is -3.95. The second-order valence-electron chi connectivity index (χ2n) is 8.05. The van der Waals surface area contributed by atoms with E-state index in [0.717, 1.165) is 47.2 Å². The van der Waals surface area contributed by atoms with Crippen LogP contribution in [0.2, 0.25) is 0 Å². The first-order valence-electron chi connectivity index (χ1n) is 10.9. The van der Waals surface area contributed by atoms with Crippen LogP contribution in [0.5, 0.6) is 11.5 Å². The van der Waals surface area contributed by atoms with E-state index in [4.69, 9.17) is 4.74 Å². The molecule has 0 amide bonds. The Balaban J connectivity index is 1.39. The van der Waals surface area contributed by atoms with Gasteiger partial charge in [-0.3, -0.25) is 0 Å². The van der Waals surface area contributed by atoms with Crippen LogP contribution in [0.3, 0.4) is 0 Å². The Morgan fingerprint density at radius 1 is 1.06 bits per heavy atom. The van der Waals surface area contributed by atoms with Crippen LogP contribution in [0.15, 0.2) is 67.0 Å². The lowest BCUT2D eigenvalue weighted by atomic mass is 10.1. The molecule has 1 unspecified atom stereocenters. The summed E-state index contributed by atoms with van der Waals surface area (Å²) >= 11 is 0. The number of hydrogen-bond donors (Lipinski definition) is 2. The van der Waals surface area contributed by atoms with Crippen LogP contribution in [0, 0.1) is 30.5 Å². The summed E-state index contributed by atoms with van der Waals surface area (Å²) in [6.45, 7) is 3.90. The van der Waals surface area contributed by atoms with E-state index >= 15 is 0 Å². The van der Waals surface area contributed by atoms with Crippen LogP contribution in [0.4, 0.5) is 15.9 Å². The zero-order valence-corrected chi connectivity index (χ0v) is 18.2. The smallest absolute Gasteiger partial charge is 0.165 e. The number of para-hydroxylation sites is 1. The summed E-state index contributed by atoms with van der Waals surface area (Å²) in [6, 6.07) is 18.0. The van der Waals surface area contributed by atoms with Gasteiger partial charge in [0.25, 0.3) is 0 Å². The van der Waals surface area contributed by atoms with Crippen LogP contribution in [-0.4, -0.2) is 23.1 Å². The average molecular weight is 439 g/mol. The van der Waals surface area contributed by atoms with Crippen LogP contribution < -0.4 is 15.4 Å². The van der Waals surface area contributed by atoms with Crippen molar-refractivity contribution in [2.45, 2.75) is 13.3 Å². The van der Waals surface area contributed by atoms with Crippen molar-refractivity contribution >= 4 is 22.4 Å². The molecule has 3 aromatic carbocycles. The van der Waals surface area contributed by atoms with E-state index in [9.17, 15) is 4.39 Å². The molecule has 5 rings (SSSR count). The molecule has 1 aliphatic rings. The van der Waals surface area contributed by atoms with Crippen molar-refractivity contribution in [2.24, 2.45) is 5.92 Å². The van der Waals surface area contributed by atoms with E-state index in [1.165, 1.54) is 6.07 Å². The Morgan fingerprint density at radius 3 is 2.79 bits per heavy atom. The summed E-state index contributed by atoms with van der Waals surface area (Å²) < 4.78 is 19.7. The number of anilines is 2. The van der Waals surface area contributed by atoms with Gasteiger partial charge >= 0.3 is 0 Å². The molecular formula is C27H23FN4O. The molecule has 2 heterocycles. The third-order valence-corrected chi connectivity index (χ3v) is 5.61. The van der Waals surface area contributed by atoms with Crippen LogP contribution in [0.1, 0.15) is 17.5 Å². The van der Waals surface area contributed by atoms with Gasteiger partial charge in [-0.05, 0) is 74.0 Å². The number of nitrogens with one attached hydrogen (secondary N) is 2. The Morgan fingerprint density at radius 2 is 1.97 bits per heavy atom. The van der Waals surface area contributed by atoms with Gasteiger partial charge in [0.1, 0.15) is 17.9 Å². The first-order valence-corrected chi connectivity index (χ1v) is 10.9. The molecule has 0 spiro atoms. The molecule has 1 atom stereocenters. The topological polar surface area (TPSA) is 59.1 Å². The second-order valence-corrected chi connectivity index (χ2v) is 8.05. The van der Waals surface area contributed by atoms with Crippen LogP contribution >= 0.6 is 0 Å². The SMILES string of the molecule is Cc1cc(Nc2ncnc3ccc(C#CC4CCNC4)cc23)ccc1Oc1ccccc1F. The summed E-state index contributed by atoms with van der Waals surface area (Å²) in [5.74, 6) is 8.15. The van der Waals surface area contributed by atoms with E-state index in [0.29, 0.717) is 17.5 Å². The number of halogens is 1. The lowest BCUT2D eigenvalue weighted by molar-refractivity contribution is 0.439. The summed E-state index contributed by atoms with van der Waals surface area (Å²) in [7, 11) is 0. The standard InChI is InChI=1S/C27H23FN4O/c1-18-14-21(9-11-25(18)33-26-5-3-2-4-23(26)28)32-27-22-15-19(6-7-20-12-13-29-16-20)8-10-24(22)30-17-31-27/h2-5,8-11,14-15,17,20,29H,12-13,16H2,1H3,(H,30,31,32). The molecule has 0 bridgehead atoms. The van der Waals surface area contributed by atoms with E-state index in [1.807, 2.05) is 43.3 Å². The molecule has 0 radical (unpaired) electrons. The van der Waals surface area contributed by atoms with Gasteiger partial charge in [0.05, 0.1) is 5.52 Å². The van der Waals surface area contributed by atoms with Crippen molar-refractivity contribution in [3.05, 3.63) is 83.9 Å². The number of rotatable bonds is 4. The lowest BCUT2D eigenvalue weighted by Gasteiger charge is -2.13. The van der Waals surface area contributed by atoms with Gasteiger partial charge in [-0.25, -0.2) is 14.4 Å². The highest BCUT2D eigenvalue weighted by Gasteiger charge is 2.11. The molecule has 164 valence electrons. The maximum Gasteiger partial charge on any atom is 0.165 e. The van der Waals surface area contributed by atoms with Gasteiger partial charge in [0.2, 0.25) is 0 Å². The van der Waals surface area contributed by atoms with Crippen LogP contribution in [-0.2, 0) is 0 Å². The molecular weight excluding hydrogens is 415 g/mol. The first-order chi connectivity index (χ1) is 16.2. The number of aromatic nitrogens is 2. The Bertz CT molecular complexity index is 1370. The fourth-order valence-electron chi connectivity index (χ4n) is 3.82. The predicted octanol–water partition coefficient (Wildman–Crippen LogP) is 5.57. The Kier molecular flexibility index (Phi) is 5.88. The minimum atomic E-state index is -0.394. The number of nitrogens with zero attached hydrogens (tertiary/aromatic N) is 2. The first kappa shape index (κ1) is 20.9. The van der Waals surface area contributed by atoms with Gasteiger partial charge < -0.3 is 15.4 Å². The highest BCUT2D eigenvalue weighted by atomic mass is 19.1. The number of benzene rings is 3. The van der Waals surface area contributed by atoms with Gasteiger partial charge in [-0.1, -0.05) is 24.0 Å². The fraction of sp³-hybridized carbons (Fsp3) is 0.185. The molecule has 2 N–H and O–H groups in total. The maximum absolute atomic E-state index is 13.9. The van der Waals surface area contributed by atoms with E-state index in [-0.39, 0.29) is 5.75 Å². The molecule has 1 fully saturated rings. The van der Waals surface area contributed by atoms with E-state index in [1.54, 1.807) is 24.5 Å². The summed E-state index contributed by atoms with van der Waals surface area (Å²) in [5, 5.41) is 7.62. The quantitative estimate of drug-likeness (QED) is 0.408. The number of hydrogen-bond acceptors (Lipinski definition) is 5. The predicted molar refractivity (Wildman–Crippen MR) is 128 cm³/mol. The van der Waals surface area contributed by atoms with Gasteiger partial charge in [-0.15, -0.1) is 0 Å². The molecule has 6 heteroatoms. The Labute approximate surface area is 192 Å². The average Bonchev–Trinajstić information content (AvgIpc) is 3.35. The van der Waals surface area contributed by atoms with E-state index < -0.39 is 5.82 Å². The fourth-order valence-corrected chi connectivity index (χ4v) is 3.82. The third-order valence-electron chi connectivity index (χ3n) is 5.61. The summed E-state index contributed by atoms with van der Waals surface area (Å²) in [4.78, 5) is 8.84. The number of ether oxygens (including phenoxy) is 1. The second kappa shape index (κ2) is 9.27. The van der Waals surface area contributed by atoms with Crippen molar-refractivity contribution in [3.8, 4) is 23.3 Å². The minimum Gasteiger partial charge on any atom is -0.454 e. The van der Waals surface area contributed by atoms with Crippen molar-refractivity contribution in [1.29, 1.82) is 0 Å². The molecule has 1 aliphatic heterocycles. The van der Waals surface area contributed by atoms with Crippen molar-refractivity contribution in [1.82, 2.24) is 15.3 Å². The summed E-state index contributed by atoms with van der Waals surface area (Å²) in [6.07, 6.45) is 2.63. The van der Waals surface area contributed by atoms with Crippen molar-refractivity contribution < 1.29 is 9.13 Å². The molecule has 33 heavy (non-hydrogen) atoms. The van der Waals surface area contributed by atoms with Gasteiger partial charge in [0, 0.05) is 29.1 Å². The highest BCUT2D eigenvalue weighted by molar-refractivity contribution is 5.91. The largest absolute Gasteiger partial charge is 0.454 e. The molecule has 4 aromatic rings. The molecule has 1 saturated heterocycles. The van der Waals surface area contributed by atoms with Crippen LogP contribution in [0.25, 0.3) is 10.9 Å². The molecule has 0 aliphatic carbocycles. The van der Waals surface area contributed by atoms with E-state index in [2.05, 4.69) is 32.4 Å². The molecule has 5 nitrogen and oxygen atoms in total. The lowest BCUT2D eigenvalue weighted by Crippen LogP contribution is -2.07. The zero-order valence-electron chi connectivity index (χ0n) is 18.2. The normalized spacial score (nSPS) is 15.2. The minimum absolute atomic E-state index is 0.199. The molecule has 0 saturated carbocycles. The van der Waals surface area contributed by atoms with Crippen molar-refractivity contribution in [3.63, 3.8) is 0 Å². The number of aryl methyl sites for hydroxylation is 1. The highest BCUT2D eigenvalue weighted by Crippen LogP contribution is 2.31. The summed E-state index contributed by atoms with van der Waals surface area (Å²) in [5.41, 5.74) is 3.51. The maximum atomic E-state index is 13.9. The molecule has 1 aromatic heterocycles. The number of fused-ring (bicyclic) bond motifs is 1. The van der Waals surface area contributed by atoms with Gasteiger partial charge in [0.15, 0.2) is 11.6 Å². The third kappa shape index (κ3) is 4.79.